The van der Waals surface area contributed by atoms with E-state index >= 15 is 0 Å². The first-order valence-corrected chi connectivity index (χ1v) is 9.82. The van der Waals surface area contributed by atoms with Gasteiger partial charge in [-0.25, -0.2) is 0 Å². The monoisotopic (exact) mass is 367 g/mol. The minimum atomic E-state index is -0.739. The standard InChI is InChI=1S/C23H29NO3/c1-5-8-10-24-20(26)14-18-13-19(25)22(23(18)27)21-15(4)11-16(9-6-2)12-17(21)7-3/h11-12,18,22H,5,7-8,10,13-14H2,1-4H3,(H,24,26). The maximum Gasteiger partial charge on any atom is 0.220 e. The first-order chi connectivity index (χ1) is 12.9. The SMILES string of the molecule is CC#Cc1cc(C)c(C2C(=O)CC(CC(=O)NCCCC)C2=O)c(CC)c1. The molecule has 0 aliphatic heterocycles. The van der Waals surface area contributed by atoms with E-state index in [1.165, 1.54) is 0 Å². The summed E-state index contributed by atoms with van der Waals surface area (Å²) in [7, 11) is 0. The van der Waals surface area contributed by atoms with E-state index in [1.807, 2.05) is 26.0 Å². The van der Waals surface area contributed by atoms with Crippen LogP contribution in [0, 0.1) is 24.7 Å². The number of hydrogen-bond donors (Lipinski definition) is 1. The molecule has 1 aromatic rings. The topological polar surface area (TPSA) is 63.2 Å². The Morgan fingerprint density at radius 2 is 2.00 bits per heavy atom. The van der Waals surface area contributed by atoms with E-state index < -0.39 is 11.8 Å². The molecule has 0 aromatic heterocycles. The molecule has 1 saturated carbocycles. The van der Waals surface area contributed by atoms with E-state index in [9.17, 15) is 14.4 Å². The van der Waals surface area contributed by atoms with Crippen LogP contribution < -0.4 is 5.32 Å². The maximum absolute atomic E-state index is 13.0. The summed E-state index contributed by atoms with van der Waals surface area (Å²) in [5.41, 5.74) is 3.64. The highest BCUT2D eigenvalue weighted by Crippen LogP contribution is 2.37. The van der Waals surface area contributed by atoms with E-state index in [0.29, 0.717) is 6.54 Å². The second kappa shape index (κ2) is 9.50. The molecule has 1 aliphatic rings. The highest BCUT2D eigenvalue weighted by molar-refractivity contribution is 6.15. The lowest BCUT2D eigenvalue weighted by atomic mass is 9.85. The van der Waals surface area contributed by atoms with E-state index in [1.54, 1.807) is 6.92 Å². The molecule has 1 aliphatic carbocycles. The summed E-state index contributed by atoms with van der Waals surface area (Å²) in [5, 5.41) is 2.84. The second-order valence-electron chi connectivity index (χ2n) is 7.20. The van der Waals surface area contributed by atoms with Crippen molar-refractivity contribution in [2.24, 2.45) is 5.92 Å². The molecular formula is C23H29NO3. The number of amides is 1. The van der Waals surface area contributed by atoms with Gasteiger partial charge in [-0.05, 0) is 55.5 Å². The normalized spacial score (nSPS) is 19.0. The van der Waals surface area contributed by atoms with Gasteiger partial charge in [-0.1, -0.05) is 26.2 Å². The molecular weight excluding hydrogens is 338 g/mol. The van der Waals surface area contributed by atoms with Crippen molar-refractivity contribution in [2.45, 2.75) is 65.7 Å². The minimum absolute atomic E-state index is 0.0708. The molecule has 0 spiro atoms. The number of rotatable bonds is 7. The van der Waals surface area contributed by atoms with Crippen LogP contribution in [0.2, 0.25) is 0 Å². The van der Waals surface area contributed by atoms with Crippen molar-refractivity contribution in [1.82, 2.24) is 5.32 Å². The van der Waals surface area contributed by atoms with Crippen LogP contribution in [-0.4, -0.2) is 24.0 Å². The Morgan fingerprint density at radius 1 is 1.26 bits per heavy atom. The van der Waals surface area contributed by atoms with Crippen LogP contribution in [0.4, 0.5) is 0 Å². The van der Waals surface area contributed by atoms with E-state index in [-0.39, 0.29) is 30.3 Å². The predicted octanol–water partition coefficient (Wildman–Crippen LogP) is 3.48. The van der Waals surface area contributed by atoms with Crippen LogP contribution in [0.1, 0.15) is 74.6 Å². The van der Waals surface area contributed by atoms with Crippen molar-refractivity contribution in [1.29, 1.82) is 0 Å². The third-order valence-electron chi connectivity index (χ3n) is 5.15. The summed E-state index contributed by atoms with van der Waals surface area (Å²) in [4.78, 5) is 37.8. The average Bonchev–Trinajstić information content (AvgIpc) is 2.89. The number of benzene rings is 1. The second-order valence-corrected chi connectivity index (χ2v) is 7.20. The van der Waals surface area contributed by atoms with Gasteiger partial charge in [0.25, 0.3) is 0 Å². The molecule has 0 bridgehead atoms. The third kappa shape index (κ3) is 4.86. The number of unbranched alkanes of at least 4 members (excludes halogenated alkanes) is 1. The summed E-state index contributed by atoms with van der Waals surface area (Å²) in [6.45, 7) is 8.41. The van der Waals surface area contributed by atoms with Crippen LogP contribution >= 0.6 is 0 Å². The largest absolute Gasteiger partial charge is 0.356 e. The maximum atomic E-state index is 13.0. The van der Waals surface area contributed by atoms with Crippen LogP contribution in [0.25, 0.3) is 0 Å². The molecule has 1 N–H and O–H groups in total. The molecule has 2 rings (SSSR count). The molecule has 144 valence electrons. The van der Waals surface area contributed by atoms with Crippen molar-refractivity contribution >= 4 is 17.5 Å². The fraction of sp³-hybridized carbons (Fsp3) is 0.522. The van der Waals surface area contributed by atoms with Crippen LogP contribution in [0.15, 0.2) is 12.1 Å². The Balaban J connectivity index is 2.24. The van der Waals surface area contributed by atoms with Crippen molar-refractivity contribution < 1.29 is 14.4 Å². The van der Waals surface area contributed by atoms with Crippen molar-refractivity contribution in [2.75, 3.05) is 6.54 Å². The fourth-order valence-corrected chi connectivity index (χ4v) is 3.83. The van der Waals surface area contributed by atoms with Gasteiger partial charge in [0.15, 0.2) is 5.78 Å². The molecule has 1 aromatic carbocycles. The lowest BCUT2D eigenvalue weighted by Crippen LogP contribution is -2.28. The summed E-state index contributed by atoms with van der Waals surface area (Å²) < 4.78 is 0. The lowest BCUT2D eigenvalue weighted by molar-refractivity contribution is -0.128. The highest BCUT2D eigenvalue weighted by Gasteiger charge is 2.43. The Kier molecular flexibility index (Phi) is 7.36. The van der Waals surface area contributed by atoms with Gasteiger partial charge in [0, 0.05) is 30.9 Å². The van der Waals surface area contributed by atoms with Gasteiger partial charge in [-0.2, -0.15) is 0 Å². The van der Waals surface area contributed by atoms with Crippen LogP contribution in [0.3, 0.4) is 0 Å². The summed E-state index contributed by atoms with van der Waals surface area (Å²) >= 11 is 0. The van der Waals surface area contributed by atoms with Gasteiger partial charge in [-0.15, -0.1) is 5.92 Å². The van der Waals surface area contributed by atoms with Gasteiger partial charge in [0.2, 0.25) is 5.91 Å². The Bertz CT molecular complexity index is 798. The molecule has 0 saturated heterocycles. The molecule has 0 heterocycles. The first-order valence-electron chi connectivity index (χ1n) is 9.82. The van der Waals surface area contributed by atoms with Crippen LogP contribution in [-0.2, 0) is 20.8 Å². The number of hydrogen-bond acceptors (Lipinski definition) is 3. The number of aryl methyl sites for hydroxylation is 2. The molecule has 27 heavy (non-hydrogen) atoms. The number of ketones is 2. The quantitative estimate of drug-likeness (QED) is 0.456. The molecule has 2 unspecified atom stereocenters. The molecule has 1 fully saturated rings. The average molecular weight is 367 g/mol. The first kappa shape index (κ1) is 20.9. The predicted molar refractivity (Wildman–Crippen MR) is 107 cm³/mol. The minimum Gasteiger partial charge on any atom is -0.356 e. The van der Waals surface area contributed by atoms with Gasteiger partial charge in [0.05, 0.1) is 0 Å². The molecule has 4 heteroatoms. The molecule has 2 atom stereocenters. The van der Waals surface area contributed by atoms with Crippen LogP contribution in [0.5, 0.6) is 0 Å². The lowest BCUT2D eigenvalue weighted by Gasteiger charge is -2.17. The summed E-state index contributed by atoms with van der Waals surface area (Å²) in [6.07, 6.45) is 2.90. The van der Waals surface area contributed by atoms with Gasteiger partial charge in [0.1, 0.15) is 11.7 Å². The molecule has 0 radical (unpaired) electrons. The van der Waals surface area contributed by atoms with E-state index in [4.69, 9.17) is 0 Å². The number of carbonyl (C=O) groups excluding carboxylic acids is 3. The fourth-order valence-electron chi connectivity index (χ4n) is 3.83. The van der Waals surface area contributed by atoms with Crippen molar-refractivity contribution in [3.05, 3.63) is 34.4 Å². The van der Waals surface area contributed by atoms with Crippen molar-refractivity contribution in [3.8, 4) is 11.8 Å². The van der Waals surface area contributed by atoms with Gasteiger partial charge in [-0.3, -0.25) is 14.4 Å². The number of nitrogens with one attached hydrogen (secondary N) is 1. The Labute approximate surface area is 162 Å². The number of Topliss-reactive ketones (excluding diaryl/α,β-unsaturated/α-hetero) is 2. The highest BCUT2D eigenvalue weighted by atomic mass is 16.2. The zero-order valence-corrected chi connectivity index (χ0v) is 16.8. The summed E-state index contributed by atoms with van der Waals surface area (Å²) in [5.74, 6) is 4.36. The Hall–Kier alpha value is -2.41. The van der Waals surface area contributed by atoms with E-state index in [2.05, 4.69) is 24.1 Å². The zero-order chi connectivity index (χ0) is 20.0. The Morgan fingerprint density at radius 3 is 2.63 bits per heavy atom. The van der Waals surface area contributed by atoms with Crippen molar-refractivity contribution in [3.63, 3.8) is 0 Å². The number of carbonyl (C=O) groups is 3. The smallest absolute Gasteiger partial charge is 0.220 e. The van der Waals surface area contributed by atoms with Gasteiger partial charge >= 0.3 is 0 Å². The molecule has 4 nitrogen and oxygen atoms in total. The third-order valence-corrected chi connectivity index (χ3v) is 5.15. The van der Waals surface area contributed by atoms with Gasteiger partial charge < -0.3 is 5.32 Å². The van der Waals surface area contributed by atoms with E-state index in [0.717, 1.165) is 41.5 Å². The zero-order valence-electron chi connectivity index (χ0n) is 16.8. The molecule has 1 amide bonds. The summed E-state index contributed by atoms with van der Waals surface area (Å²) in [6, 6.07) is 3.92.